The zero-order chi connectivity index (χ0) is 22.6. The normalized spacial score (nSPS) is 11.3. The zero-order valence-electron chi connectivity index (χ0n) is 17.1. The van der Waals surface area contributed by atoms with Crippen LogP contribution in [0.15, 0.2) is 60.7 Å². The Hall–Kier alpha value is -4.14. The van der Waals surface area contributed by atoms with Crippen LogP contribution in [0.5, 0.6) is 5.75 Å². The highest BCUT2D eigenvalue weighted by atomic mass is 16.5. The van der Waals surface area contributed by atoms with Crippen LogP contribution in [0.3, 0.4) is 0 Å². The van der Waals surface area contributed by atoms with Crippen LogP contribution in [0.1, 0.15) is 22.8 Å². The van der Waals surface area contributed by atoms with Crippen LogP contribution in [-0.4, -0.2) is 43.4 Å². The lowest BCUT2D eigenvalue weighted by molar-refractivity contribution is -0.151. The summed E-state index contributed by atoms with van der Waals surface area (Å²) in [5.41, 5.74) is 5.48. The Morgan fingerprint density at radius 3 is 2.29 bits per heavy atom. The summed E-state index contributed by atoms with van der Waals surface area (Å²) in [4.78, 5) is 47.4. The SMILES string of the molecule is COc1ccc(C=CC(=O)NC(C)C(=O)OCC(=O)NNC(=O)c2ccccc2)cc1. The van der Waals surface area contributed by atoms with Crippen molar-refractivity contribution in [2.75, 3.05) is 13.7 Å². The summed E-state index contributed by atoms with van der Waals surface area (Å²) < 4.78 is 9.89. The molecule has 1 unspecified atom stereocenters. The van der Waals surface area contributed by atoms with Gasteiger partial charge in [0.05, 0.1) is 7.11 Å². The van der Waals surface area contributed by atoms with E-state index in [-0.39, 0.29) is 0 Å². The number of carbonyl (C=O) groups excluding carboxylic acids is 4. The molecule has 0 radical (unpaired) electrons. The van der Waals surface area contributed by atoms with E-state index in [1.165, 1.54) is 13.0 Å². The Bertz CT molecular complexity index is 941. The summed E-state index contributed by atoms with van der Waals surface area (Å²) in [6, 6.07) is 14.4. The number of nitrogens with one attached hydrogen (secondary N) is 3. The van der Waals surface area contributed by atoms with E-state index in [2.05, 4.69) is 16.2 Å². The molecule has 31 heavy (non-hydrogen) atoms. The van der Waals surface area contributed by atoms with Crippen LogP contribution in [0.25, 0.3) is 6.08 Å². The minimum Gasteiger partial charge on any atom is -0.497 e. The van der Waals surface area contributed by atoms with Gasteiger partial charge in [0, 0.05) is 11.6 Å². The molecule has 9 heteroatoms. The lowest BCUT2D eigenvalue weighted by atomic mass is 10.2. The molecule has 3 amide bonds. The molecule has 0 aromatic heterocycles. The first-order valence-corrected chi connectivity index (χ1v) is 9.32. The lowest BCUT2D eigenvalue weighted by Gasteiger charge is -2.12. The van der Waals surface area contributed by atoms with Gasteiger partial charge in [-0.05, 0) is 42.8 Å². The second kappa shape index (κ2) is 11.8. The first-order valence-electron chi connectivity index (χ1n) is 9.32. The van der Waals surface area contributed by atoms with Gasteiger partial charge < -0.3 is 14.8 Å². The highest BCUT2D eigenvalue weighted by Crippen LogP contribution is 2.12. The summed E-state index contributed by atoms with van der Waals surface area (Å²) in [5.74, 6) is -1.84. The molecule has 162 valence electrons. The molecule has 0 fully saturated rings. The molecule has 2 aromatic rings. The van der Waals surface area contributed by atoms with Crippen molar-refractivity contribution < 1.29 is 28.7 Å². The zero-order valence-corrected chi connectivity index (χ0v) is 17.1. The fourth-order valence-corrected chi connectivity index (χ4v) is 2.29. The maximum atomic E-state index is 11.9. The summed E-state index contributed by atoms with van der Waals surface area (Å²) in [6.07, 6.45) is 2.85. The van der Waals surface area contributed by atoms with Crippen molar-refractivity contribution in [3.05, 3.63) is 71.8 Å². The van der Waals surface area contributed by atoms with E-state index in [1.807, 2.05) is 0 Å². The molecule has 2 aromatic carbocycles. The first kappa shape index (κ1) is 23.1. The third kappa shape index (κ3) is 8.01. The van der Waals surface area contributed by atoms with Gasteiger partial charge in [-0.1, -0.05) is 30.3 Å². The molecule has 0 heterocycles. The number of hydrazine groups is 1. The Kier molecular flexibility index (Phi) is 8.78. The second-order valence-corrected chi connectivity index (χ2v) is 6.31. The third-order valence-electron chi connectivity index (χ3n) is 3.95. The van der Waals surface area contributed by atoms with Gasteiger partial charge in [0.2, 0.25) is 5.91 Å². The van der Waals surface area contributed by atoms with Gasteiger partial charge in [-0.2, -0.15) is 0 Å². The van der Waals surface area contributed by atoms with E-state index in [0.717, 1.165) is 5.56 Å². The van der Waals surface area contributed by atoms with Gasteiger partial charge in [0.1, 0.15) is 11.8 Å². The fourth-order valence-electron chi connectivity index (χ4n) is 2.29. The smallest absolute Gasteiger partial charge is 0.328 e. The molecule has 0 saturated heterocycles. The predicted molar refractivity (Wildman–Crippen MR) is 113 cm³/mol. The number of ether oxygens (including phenoxy) is 2. The average molecular weight is 425 g/mol. The number of hydrogen-bond acceptors (Lipinski definition) is 6. The first-order chi connectivity index (χ1) is 14.9. The van der Waals surface area contributed by atoms with Crippen LogP contribution in [0.4, 0.5) is 0 Å². The molecule has 3 N–H and O–H groups in total. The van der Waals surface area contributed by atoms with E-state index in [1.54, 1.807) is 67.8 Å². The molecular formula is C22H23N3O6. The quantitative estimate of drug-likeness (QED) is 0.332. The van der Waals surface area contributed by atoms with Gasteiger partial charge in [0.25, 0.3) is 11.8 Å². The van der Waals surface area contributed by atoms with E-state index >= 15 is 0 Å². The van der Waals surface area contributed by atoms with Gasteiger partial charge in [-0.3, -0.25) is 25.2 Å². The van der Waals surface area contributed by atoms with Crippen LogP contribution in [-0.2, 0) is 19.1 Å². The third-order valence-corrected chi connectivity index (χ3v) is 3.95. The number of esters is 1. The number of benzene rings is 2. The molecule has 9 nitrogen and oxygen atoms in total. The Morgan fingerprint density at radius 1 is 0.968 bits per heavy atom. The topological polar surface area (TPSA) is 123 Å². The minimum atomic E-state index is -0.972. The van der Waals surface area contributed by atoms with Crippen molar-refractivity contribution in [1.82, 2.24) is 16.2 Å². The van der Waals surface area contributed by atoms with Crippen molar-refractivity contribution in [3.63, 3.8) is 0 Å². The summed E-state index contributed by atoms with van der Waals surface area (Å²) in [5, 5.41) is 2.44. The van der Waals surface area contributed by atoms with Crippen LogP contribution in [0, 0.1) is 0 Å². The maximum absolute atomic E-state index is 11.9. The molecular weight excluding hydrogens is 402 g/mol. The molecule has 0 aliphatic heterocycles. The molecule has 0 aliphatic rings. The highest BCUT2D eigenvalue weighted by molar-refractivity contribution is 5.96. The summed E-state index contributed by atoms with van der Waals surface area (Å²) in [7, 11) is 1.56. The number of carbonyl (C=O) groups is 4. The Morgan fingerprint density at radius 2 is 1.65 bits per heavy atom. The van der Waals surface area contributed by atoms with Crippen molar-refractivity contribution >= 4 is 29.8 Å². The van der Waals surface area contributed by atoms with E-state index in [0.29, 0.717) is 11.3 Å². The van der Waals surface area contributed by atoms with Crippen molar-refractivity contribution in [3.8, 4) is 5.75 Å². The molecule has 0 bridgehead atoms. The fraction of sp³-hybridized carbons (Fsp3) is 0.182. The van der Waals surface area contributed by atoms with Crippen LogP contribution >= 0.6 is 0 Å². The van der Waals surface area contributed by atoms with Gasteiger partial charge in [0.15, 0.2) is 6.61 Å². The molecule has 2 rings (SSSR count). The van der Waals surface area contributed by atoms with E-state index in [9.17, 15) is 19.2 Å². The van der Waals surface area contributed by atoms with Gasteiger partial charge in [-0.15, -0.1) is 0 Å². The van der Waals surface area contributed by atoms with E-state index < -0.39 is 36.3 Å². The van der Waals surface area contributed by atoms with Gasteiger partial charge >= 0.3 is 5.97 Å². The predicted octanol–water partition coefficient (Wildman–Crippen LogP) is 1.22. The van der Waals surface area contributed by atoms with Crippen molar-refractivity contribution in [2.45, 2.75) is 13.0 Å². The van der Waals surface area contributed by atoms with Crippen LogP contribution in [0.2, 0.25) is 0 Å². The largest absolute Gasteiger partial charge is 0.497 e. The molecule has 1 atom stereocenters. The summed E-state index contributed by atoms with van der Waals surface area (Å²) >= 11 is 0. The van der Waals surface area contributed by atoms with E-state index in [4.69, 9.17) is 9.47 Å². The lowest BCUT2D eigenvalue weighted by Crippen LogP contribution is -2.45. The molecule has 0 spiro atoms. The number of hydrogen-bond donors (Lipinski definition) is 3. The van der Waals surface area contributed by atoms with Crippen molar-refractivity contribution in [1.29, 1.82) is 0 Å². The number of methoxy groups -OCH3 is 1. The monoisotopic (exact) mass is 425 g/mol. The Balaban J connectivity index is 1.70. The highest BCUT2D eigenvalue weighted by Gasteiger charge is 2.17. The summed E-state index contributed by atoms with van der Waals surface area (Å²) in [6.45, 7) is 0.812. The second-order valence-electron chi connectivity index (χ2n) is 6.31. The standard InChI is InChI=1S/C22H23N3O6/c1-15(23-19(26)13-10-16-8-11-18(30-2)12-9-16)22(29)31-14-20(27)24-25-21(28)17-6-4-3-5-7-17/h3-13,15H,14H2,1-2H3,(H,23,26)(H,24,27)(H,25,28). The molecule has 0 aliphatic carbocycles. The molecule has 0 saturated carbocycles. The number of amides is 3. The minimum absolute atomic E-state index is 0.360. The average Bonchev–Trinajstić information content (AvgIpc) is 2.80. The maximum Gasteiger partial charge on any atom is 0.328 e. The number of rotatable bonds is 8. The van der Waals surface area contributed by atoms with Crippen LogP contribution < -0.4 is 20.9 Å². The van der Waals surface area contributed by atoms with Gasteiger partial charge in [-0.25, -0.2) is 4.79 Å². The van der Waals surface area contributed by atoms with Crippen molar-refractivity contribution in [2.24, 2.45) is 0 Å². The Labute approximate surface area is 179 Å².